The van der Waals surface area contributed by atoms with Crippen LogP contribution in [0.15, 0.2) is 0 Å². The molecule has 0 aliphatic carbocycles. The van der Waals surface area contributed by atoms with Gasteiger partial charge in [0.2, 0.25) is 11.6 Å². The molecule has 0 heterocycles. The number of hydrazine groups is 1. The molecule has 0 saturated carbocycles. The smallest absolute Gasteiger partial charge is 0.218 e. The van der Waals surface area contributed by atoms with E-state index in [9.17, 15) is 14.4 Å². The number of hydrogen-bond acceptors (Lipinski definition) is 7. The number of aldehydes is 1. The molecule has 0 saturated heterocycles. The molecule has 0 aromatic heterocycles. The molecule has 0 rings (SSSR count). The first-order chi connectivity index (χ1) is 9.26. The highest BCUT2D eigenvalue weighted by molar-refractivity contribution is 6.41. The van der Waals surface area contributed by atoms with Crippen molar-refractivity contribution in [3.8, 4) is 0 Å². The zero-order valence-electron chi connectivity index (χ0n) is 12.4. The van der Waals surface area contributed by atoms with E-state index in [0.717, 1.165) is 0 Å². The van der Waals surface area contributed by atoms with Crippen molar-refractivity contribution in [1.82, 2.24) is 10.9 Å². The summed E-state index contributed by atoms with van der Waals surface area (Å²) in [6.45, 7) is 6.65. The molecule has 0 unspecified atom stereocenters. The molecule has 5 N–H and O–H groups in total. The third-order valence-electron chi connectivity index (χ3n) is 3.00. The lowest BCUT2D eigenvalue weighted by Gasteiger charge is -2.24. The van der Waals surface area contributed by atoms with Gasteiger partial charge in [-0.15, -0.1) is 0 Å². The number of aliphatic hydroxyl groups excluding tert-OH is 1. The number of nitrogens with one attached hydrogen (secondary N) is 2. The third kappa shape index (κ3) is 5.46. The molecule has 7 nitrogen and oxygen atoms in total. The van der Waals surface area contributed by atoms with Gasteiger partial charge in [0.15, 0.2) is 0 Å². The van der Waals surface area contributed by atoms with Crippen molar-refractivity contribution in [3.63, 3.8) is 0 Å². The Bertz CT molecular complexity index is 345. The van der Waals surface area contributed by atoms with Crippen LogP contribution in [-0.4, -0.2) is 47.7 Å². The zero-order chi connectivity index (χ0) is 15.9. The van der Waals surface area contributed by atoms with Gasteiger partial charge < -0.3 is 15.6 Å². The average molecular weight is 287 g/mol. The van der Waals surface area contributed by atoms with Crippen LogP contribution in [0.25, 0.3) is 0 Å². The van der Waals surface area contributed by atoms with Gasteiger partial charge in [-0.3, -0.25) is 9.59 Å². The molecule has 3 atom stereocenters. The number of rotatable bonds is 10. The third-order valence-corrected chi connectivity index (χ3v) is 3.00. The maximum atomic E-state index is 12.1. The topological polar surface area (TPSA) is 122 Å². The fourth-order valence-corrected chi connectivity index (χ4v) is 1.47. The molecule has 20 heavy (non-hydrogen) atoms. The van der Waals surface area contributed by atoms with Gasteiger partial charge in [0, 0.05) is 0 Å². The molecule has 0 aliphatic rings. The van der Waals surface area contributed by atoms with Crippen LogP contribution in [0.4, 0.5) is 0 Å². The summed E-state index contributed by atoms with van der Waals surface area (Å²) in [5.74, 6) is -1.58. The summed E-state index contributed by atoms with van der Waals surface area (Å²) in [4.78, 5) is 34.7. The van der Waals surface area contributed by atoms with E-state index < -0.39 is 36.3 Å². The Hall–Kier alpha value is -1.15. The van der Waals surface area contributed by atoms with Gasteiger partial charge in [0.05, 0.1) is 24.7 Å². The Labute approximate surface area is 119 Å². The zero-order valence-corrected chi connectivity index (χ0v) is 12.4. The van der Waals surface area contributed by atoms with Gasteiger partial charge in [0.25, 0.3) is 0 Å². The minimum absolute atomic E-state index is 0.132. The minimum Gasteiger partial charge on any atom is -0.394 e. The number of hydrogen-bond donors (Lipinski definition) is 4. The maximum Gasteiger partial charge on any atom is 0.218 e. The number of aliphatic hydroxyl groups is 1. The number of nitrogens with two attached hydrogens (primary N) is 1. The van der Waals surface area contributed by atoms with Crippen molar-refractivity contribution >= 4 is 17.9 Å². The Morgan fingerprint density at radius 2 is 1.65 bits per heavy atom. The van der Waals surface area contributed by atoms with Crippen LogP contribution < -0.4 is 16.6 Å². The SMILES string of the molecule is CC(C)[C@H](N)C(=O)C(=O)[C@@H](NN[C@H](C=O)CO)C(C)C. The van der Waals surface area contributed by atoms with E-state index in [2.05, 4.69) is 10.9 Å². The van der Waals surface area contributed by atoms with Crippen LogP contribution in [-0.2, 0) is 14.4 Å². The number of Topliss-reactive ketones (excluding diaryl/α,β-unsaturated/α-hetero) is 2. The van der Waals surface area contributed by atoms with Crippen molar-refractivity contribution in [2.45, 2.75) is 45.8 Å². The molecule has 0 fully saturated rings. The summed E-state index contributed by atoms with van der Waals surface area (Å²) in [5.41, 5.74) is 10.8. The van der Waals surface area contributed by atoms with E-state index in [4.69, 9.17) is 10.8 Å². The molecule has 0 amide bonds. The van der Waals surface area contributed by atoms with E-state index in [1.54, 1.807) is 27.7 Å². The van der Waals surface area contributed by atoms with E-state index in [0.29, 0.717) is 6.29 Å². The molecule has 0 bridgehead atoms. The number of carbonyl (C=O) groups excluding carboxylic acids is 3. The lowest BCUT2D eigenvalue weighted by molar-refractivity contribution is -0.140. The molecule has 0 radical (unpaired) electrons. The van der Waals surface area contributed by atoms with E-state index >= 15 is 0 Å². The van der Waals surface area contributed by atoms with Gasteiger partial charge >= 0.3 is 0 Å². The molecule has 0 aliphatic heterocycles. The summed E-state index contributed by atoms with van der Waals surface area (Å²) in [6, 6.07) is -2.48. The minimum atomic E-state index is -0.842. The Kier molecular flexibility index (Phi) is 8.40. The lowest BCUT2D eigenvalue weighted by atomic mass is 9.91. The van der Waals surface area contributed by atoms with Crippen LogP contribution in [0.3, 0.4) is 0 Å². The average Bonchev–Trinajstić information content (AvgIpc) is 2.40. The number of carbonyl (C=O) groups is 3. The van der Waals surface area contributed by atoms with Crippen LogP contribution in [0.5, 0.6) is 0 Å². The summed E-state index contributed by atoms with van der Waals surface area (Å²) in [5, 5.41) is 8.88. The highest BCUT2D eigenvalue weighted by atomic mass is 16.3. The molecular weight excluding hydrogens is 262 g/mol. The predicted octanol–water partition coefficient (Wildman–Crippen LogP) is -1.21. The first-order valence-corrected chi connectivity index (χ1v) is 6.67. The van der Waals surface area contributed by atoms with Crippen LogP contribution in [0.1, 0.15) is 27.7 Å². The largest absolute Gasteiger partial charge is 0.394 e. The second-order valence-corrected chi connectivity index (χ2v) is 5.43. The first-order valence-electron chi connectivity index (χ1n) is 6.67. The van der Waals surface area contributed by atoms with Crippen LogP contribution >= 0.6 is 0 Å². The van der Waals surface area contributed by atoms with Gasteiger partial charge in [-0.05, 0) is 11.8 Å². The summed E-state index contributed by atoms with van der Waals surface area (Å²) in [6.07, 6.45) is 0.510. The van der Waals surface area contributed by atoms with Crippen molar-refractivity contribution in [2.75, 3.05) is 6.61 Å². The highest BCUT2D eigenvalue weighted by Crippen LogP contribution is 2.07. The Balaban J connectivity index is 4.79. The van der Waals surface area contributed by atoms with Gasteiger partial charge in [-0.25, -0.2) is 10.9 Å². The van der Waals surface area contributed by atoms with Crippen LogP contribution in [0, 0.1) is 11.8 Å². The normalized spacial score (nSPS) is 16.0. The molecular formula is C13H25N3O4. The van der Waals surface area contributed by atoms with Crippen molar-refractivity contribution in [3.05, 3.63) is 0 Å². The summed E-state index contributed by atoms with van der Waals surface area (Å²) >= 11 is 0. The van der Waals surface area contributed by atoms with Crippen LogP contribution in [0.2, 0.25) is 0 Å². The van der Waals surface area contributed by atoms with Crippen molar-refractivity contribution in [1.29, 1.82) is 0 Å². The van der Waals surface area contributed by atoms with Crippen molar-refractivity contribution < 1.29 is 19.5 Å². The highest BCUT2D eigenvalue weighted by Gasteiger charge is 2.32. The van der Waals surface area contributed by atoms with E-state index in [-0.39, 0.29) is 11.8 Å². The fourth-order valence-electron chi connectivity index (χ4n) is 1.47. The summed E-state index contributed by atoms with van der Waals surface area (Å²) < 4.78 is 0. The Morgan fingerprint density at radius 3 is 2.00 bits per heavy atom. The molecule has 0 aromatic carbocycles. The van der Waals surface area contributed by atoms with Gasteiger partial charge in [0.1, 0.15) is 6.29 Å². The predicted molar refractivity (Wildman–Crippen MR) is 74.7 cm³/mol. The molecule has 7 heteroatoms. The second kappa shape index (κ2) is 8.91. The maximum absolute atomic E-state index is 12.1. The molecule has 0 aromatic rings. The van der Waals surface area contributed by atoms with Gasteiger partial charge in [-0.1, -0.05) is 27.7 Å². The van der Waals surface area contributed by atoms with Crippen molar-refractivity contribution in [2.24, 2.45) is 17.6 Å². The van der Waals surface area contributed by atoms with Gasteiger partial charge in [-0.2, -0.15) is 0 Å². The standard InChI is InChI=1S/C13H25N3O4/c1-7(2)10(14)12(19)13(20)11(8(3)4)16-15-9(5-17)6-18/h5,7-11,15-16,18H,6,14H2,1-4H3/t9-,10+,11+/m1/s1. The second-order valence-electron chi connectivity index (χ2n) is 5.43. The fraction of sp³-hybridized carbons (Fsp3) is 0.769. The monoisotopic (exact) mass is 287 g/mol. The number of ketones is 2. The van der Waals surface area contributed by atoms with E-state index in [1.165, 1.54) is 0 Å². The molecule has 116 valence electrons. The first kappa shape index (κ1) is 18.9. The lowest BCUT2D eigenvalue weighted by Crippen LogP contribution is -2.57. The quantitative estimate of drug-likeness (QED) is 0.226. The summed E-state index contributed by atoms with van der Waals surface area (Å²) in [7, 11) is 0. The molecule has 0 spiro atoms. The Morgan fingerprint density at radius 1 is 1.10 bits per heavy atom. The van der Waals surface area contributed by atoms with E-state index in [1.807, 2.05) is 0 Å².